The Hall–Kier alpha value is -2.31. The predicted octanol–water partition coefficient (Wildman–Crippen LogP) is 3.94. The molecule has 0 saturated carbocycles. The minimum atomic E-state index is -4.51. The molecule has 0 fully saturated rings. The highest BCUT2D eigenvalue weighted by Gasteiger charge is 2.32. The lowest BCUT2D eigenvalue weighted by Crippen LogP contribution is -2.28. The van der Waals surface area contributed by atoms with Crippen molar-refractivity contribution in [2.24, 2.45) is 7.05 Å². The average molecular weight is 382 g/mol. The van der Waals surface area contributed by atoms with Crippen LogP contribution in [-0.4, -0.2) is 9.13 Å². The minimum Gasteiger partial charge on any atom is -0.318 e. The Morgan fingerprint density at radius 3 is 2.30 bits per heavy atom. The van der Waals surface area contributed by atoms with E-state index in [0.29, 0.717) is 19.4 Å². The van der Waals surface area contributed by atoms with Gasteiger partial charge in [0.25, 0.3) is 11.1 Å². The fraction of sp³-hybridized carbons (Fsp3) is 0.500. The van der Waals surface area contributed by atoms with Crippen molar-refractivity contribution in [3.8, 4) is 0 Å². The number of pyridine rings is 2. The van der Waals surface area contributed by atoms with Crippen molar-refractivity contribution in [3.05, 3.63) is 67.0 Å². The van der Waals surface area contributed by atoms with Crippen molar-refractivity contribution in [2.75, 3.05) is 0 Å². The number of alkyl halides is 3. The summed E-state index contributed by atoms with van der Waals surface area (Å²) in [7, 11) is 1.32. The lowest BCUT2D eigenvalue weighted by atomic mass is 9.97. The Balaban J connectivity index is 2.35. The third-order valence-corrected chi connectivity index (χ3v) is 5.04. The average Bonchev–Trinajstić information content (AvgIpc) is 2.55. The molecule has 0 aromatic carbocycles. The number of aromatic nitrogens is 2. The van der Waals surface area contributed by atoms with Gasteiger partial charge in [0.2, 0.25) is 0 Å². The molecule has 2 aromatic rings. The molecule has 27 heavy (non-hydrogen) atoms. The molecule has 0 bridgehead atoms. The van der Waals surface area contributed by atoms with Gasteiger partial charge in [0.1, 0.15) is 0 Å². The van der Waals surface area contributed by atoms with E-state index in [1.165, 1.54) is 7.05 Å². The van der Waals surface area contributed by atoms with Crippen LogP contribution in [0.3, 0.4) is 0 Å². The molecule has 0 aliphatic rings. The summed E-state index contributed by atoms with van der Waals surface area (Å²) in [4.78, 5) is 25.0. The molecular formula is C20H25F3N2O2. The lowest BCUT2D eigenvalue weighted by Gasteiger charge is -2.18. The van der Waals surface area contributed by atoms with Crippen molar-refractivity contribution in [1.82, 2.24) is 9.13 Å². The topological polar surface area (TPSA) is 44.0 Å². The Bertz CT molecular complexity index is 955. The highest BCUT2D eigenvalue weighted by molar-refractivity contribution is 5.27. The summed E-state index contributed by atoms with van der Waals surface area (Å²) < 4.78 is 41.8. The molecule has 2 aromatic heterocycles. The summed E-state index contributed by atoms with van der Waals surface area (Å²) in [5, 5.41) is 0. The van der Waals surface area contributed by atoms with E-state index in [9.17, 15) is 22.8 Å². The van der Waals surface area contributed by atoms with Crippen LogP contribution < -0.4 is 11.1 Å². The molecule has 0 aliphatic heterocycles. The quantitative estimate of drug-likeness (QED) is 0.786. The van der Waals surface area contributed by atoms with E-state index in [1.54, 1.807) is 11.5 Å². The van der Waals surface area contributed by atoms with Crippen molar-refractivity contribution in [3.63, 3.8) is 0 Å². The molecular weight excluding hydrogens is 357 g/mol. The van der Waals surface area contributed by atoms with Gasteiger partial charge in [-0.1, -0.05) is 13.8 Å². The molecule has 2 rings (SSSR count). The van der Waals surface area contributed by atoms with Crippen LogP contribution in [-0.2, 0) is 26.2 Å². The van der Waals surface area contributed by atoms with Gasteiger partial charge in [-0.25, -0.2) is 0 Å². The Morgan fingerprint density at radius 2 is 1.74 bits per heavy atom. The maximum Gasteiger partial charge on any atom is 0.417 e. The Morgan fingerprint density at radius 1 is 1.11 bits per heavy atom. The Labute approximate surface area is 156 Å². The summed E-state index contributed by atoms with van der Waals surface area (Å²) in [5.74, 6) is -0.413. The third-order valence-electron chi connectivity index (χ3n) is 5.04. The molecule has 0 spiro atoms. The van der Waals surface area contributed by atoms with Crippen LogP contribution in [0.4, 0.5) is 13.2 Å². The first-order chi connectivity index (χ1) is 12.5. The summed E-state index contributed by atoms with van der Waals surface area (Å²) >= 11 is 0. The van der Waals surface area contributed by atoms with Gasteiger partial charge in [-0.15, -0.1) is 0 Å². The largest absolute Gasteiger partial charge is 0.417 e. The summed E-state index contributed by atoms with van der Waals surface area (Å²) in [5.41, 5.74) is 1.24. The van der Waals surface area contributed by atoms with Gasteiger partial charge < -0.3 is 9.13 Å². The number of hydrogen-bond donors (Lipinski definition) is 0. The number of rotatable bonds is 5. The maximum absolute atomic E-state index is 13.1. The molecule has 1 unspecified atom stereocenters. The molecule has 0 amide bonds. The fourth-order valence-electron chi connectivity index (χ4n) is 3.40. The smallest absolute Gasteiger partial charge is 0.318 e. The highest BCUT2D eigenvalue weighted by Crippen LogP contribution is 2.30. The van der Waals surface area contributed by atoms with Crippen molar-refractivity contribution in [1.29, 1.82) is 0 Å². The van der Waals surface area contributed by atoms with Gasteiger partial charge in [0.05, 0.1) is 5.56 Å². The second-order valence-electron chi connectivity index (χ2n) is 7.05. The van der Waals surface area contributed by atoms with Gasteiger partial charge in [-0.05, 0) is 50.3 Å². The lowest BCUT2D eigenvalue weighted by molar-refractivity contribution is -0.138. The van der Waals surface area contributed by atoms with Gasteiger partial charge >= 0.3 is 6.18 Å². The molecule has 4 nitrogen and oxygen atoms in total. The van der Waals surface area contributed by atoms with Crippen LogP contribution in [0.5, 0.6) is 0 Å². The SMILES string of the molecule is CCc1c(C)cc(C)n(CCC(C)c2cc(C(F)(F)F)cn(C)c2=O)c1=O. The molecule has 148 valence electrons. The van der Waals surface area contributed by atoms with E-state index in [1.807, 2.05) is 26.8 Å². The van der Waals surface area contributed by atoms with Gasteiger partial charge in [-0.3, -0.25) is 9.59 Å². The van der Waals surface area contributed by atoms with Crippen molar-refractivity contribution < 1.29 is 13.2 Å². The zero-order valence-corrected chi connectivity index (χ0v) is 16.3. The zero-order chi connectivity index (χ0) is 20.5. The first kappa shape index (κ1) is 21.0. The summed E-state index contributed by atoms with van der Waals surface area (Å²) in [6.07, 6.45) is -2.70. The van der Waals surface area contributed by atoms with E-state index in [-0.39, 0.29) is 11.1 Å². The van der Waals surface area contributed by atoms with Crippen LogP contribution in [0.15, 0.2) is 27.9 Å². The monoisotopic (exact) mass is 382 g/mol. The van der Waals surface area contributed by atoms with Crippen LogP contribution >= 0.6 is 0 Å². The maximum atomic E-state index is 13.1. The molecule has 0 aliphatic carbocycles. The van der Waals surface area contributed by atoms with Gasteiger partial charge in [0.15, 0.2) is 0 Å². The number of halogens is 3. The van der Waals surface area contributed by atoms with Crippen molar-refractivity contribution >= 4 is 0 Å². The molecule has 7 heteroatoms. The molecule has 0 saturated heterocycles. The molecule has 1 atom stereocenters. The first-order valence-electron chi connectivity index (χ1n) is 8.95. The van der Waals surface area contributed by atoms with Gasteiger partial charge in [-0.2, -0.15) is 13.2 Å². The van der Waals surface area contributed by atoms with E-state index in [2.05, 4.69) is 0 Å². The second-order valence-corrected chi connectivity index (χ2v) is 7.05. The van der Waals surface area contributed by atoms with Crippen LogP contribution in [0, 0.1) is 13.8 Å². The molecule has 0 radical (unpaired) electrons. The van der Waals surface area contributed by atoms with Crippen molar-refractivity contribution in [2.45, 2.75) is 59.2 Å². The van der Waals surface area contributed by atoms with E-state index in [4.69, 9.17) is 0 Å². The number of nitrogens with zero attached hydrogens (tertiary/aromatic N) is 2. The van der Waals surface area contributed by atoms with Crippen LogP contribution in [0.1, 0.15) is 54.1 Å². The van der Waals surface area contributed by atoms with E-state index in [0.717, 1.165) is 33.7 Å². The summed E-state index contributed by atoms with van der Waals surface area (Å²) in [6, 6.07) is 2.86. The molecule has 2 heterocycles. The summed E-state index contributed by atoms with van der Waals surface area (Å²) in [6.45, 7) is 7.71. The second kappa shape index (κ2) is 7.74. The van der Waals surface area contributed by atoms with E-state index < -0.39 is 23.2 Å². The minimum absolute atomic E-state index is 0.0702. The number of aryl methyl sites for hydroxylation is 3. The standard InChI is InChI=1S/C20H25F3N2O2/c1-6-16-13(3)9-14(4)25(19(16)27)8-7-12(2)17-10-15(20(21,22)23)11-24(5)18(17)26/h9-12H,6-8H2,1-5H3. The third kappa shape index (κ3) is 4.34. The fourth-order valence-corrected chi connectivity index (χ4v) is 3.40. The Kier molecular flexibility index (Phi) is 6.02. The van der Waals surface area contributed by atoms with Gasteiger partial charge in [0, 0.05) is 36.6 Å². The number of hydrogen-bond acceptors (Lipinski definition) is 2. The predicted molar refractivity (Wildman–Crippen MR) is 99.3 cm³/mol. The zero-order valence-electron chi connectivity index (χ0n) is 16.3. The first-order valence-corrected chi connectivity index (χ1v) is 8.95. The highest BCUT2D eigenvalue weighted by atomic mass is 19.4. The van der Waals surface area contributed by atoms with Crippen LogP contribution in [0.2, 0.25) is 0 Å². The molecule has 0 N–H and O–H groups in total. The van der Waals surface area contributed by atoms with Crippen LogP contribution in [0.25, 0.3) is 0 Å². The van der Waals surface area contributed by atoms with E-state index >= 15 is 0 Å². The normalized spacial score (nSPS) is 13.0.